The van der Waals surface area contributed by atoms with E-state index in [1.54, 1.807) is 0 Å². The Kier molecular flexibility index (Phi) is 12.0. The molecule has 0 atom stereocenters. The van der Waals surface area contributed by atoms with Crippen LogP contribution in [0.5, 0.6) is 0 Å². The molecule has 9 rings (SSSR count). The first-order valence-electron chi connectivity index (χ1n) is 20.2. The molecule has 0 unspecified atom stereocenters. The van der Waals surface area contributed by atoms with Crippen molar-refractivity contribution in [3.8, 4) is 39.5 Å². The Balaban J connectivity index is 0.000000247. The average Bonchev–Trinajstić information content (AvgIpc) is 3.79. The minimum atomic E-state index is -1.24. The number of hydrogen-bond donors (Lipinski definition) is 0. The van der Waals surface area contributed by atoms with E-state index in [1.165, 1.54) is 38.7 Å². The number of para-hydroxylation sites is 2. The van der Waals surface area contributed by atoms with Gasteiger partial charge in [-0.15, -0.1) is 53.6 Å². The number of imidazole rings is 1. The monoisotopic (exact) mass is 967 g/mol. The van der Waals surface area contributed by atoms with Gasteiger partial charge < -0.3 is 14.0 Å². The maximum Gasteiger partial charge on any atom is 0.139 e. The molecule has 9 aromatic rings. The second-order valence-corrected chi connectivity index (χ2v) is 22.0. The van der Waals surface area contributed by atoms with Crippen LogP contribution in [0.25, 0.3) is 72.6 Å². The SMILES string of the molecule is Cc1c[c-]c(-c2ccc([Si](C)(C)C)cn2)cc1.Cc1ccc2oc3c(-c4nc5ccccc5n4-c4c(C(C)C)cc(-c5ccccc5)cc4C(C)C)[c-]ccc3c2n1.[Ir]. The molecule has 0 fully saturated rings. The molecule has 4 heterocycles. The summed E-state index contributed by atoms with van der Waals surface area (Å²) in [6.07, 6.45) is 2.02. The Morgan fingerprint density at radius 1 is 0.712 bits per heavy atom. The number of pyridine rings is 2. The van der Waals surface area contributed by atoms with Crippen molar-refractivity contribution >= 4 is 46.4 Å². The molecule has 0 spiro atoms. The first kappa shape index (κ1) is 41.7. The van der Waals surface area contributed by atoms with Gasteiger partial charge in [0.2, 0.25) is 0 Å². The Hall–Kier alpha value is -5.46. The molecule has 0 bridgehead atoms. The number of aryl methyl sites for hydroxylation is 2. The number of fused-ring (bicyclic) bond motifs is 4. The maximum absolute atomic E-state index is 6.47. The van der Waals surface area contributed by atoms with E-state index >= 15 is 0 Å². The molecule has 7 heteroatoms. The fourth-order valence-electron chi connectivity index (χ4n) is 7.57. The van der Waals surface area contributed by atoms with Crippen molar-refractivity contribution < 1.29 is 24.5 Å². The molecule has 0 saturated carbocycles. The summed E-state index contributed by atoms with van der Waals surface area (Å²) in [5.41, 5.74) is 15.7. The summed E-state index contributed by atoms with van der Waals surface area (Å²) in [7, 11) is -1.24. The number of benzene rings is 5. The zero-order chi connectivity index (χ0) is 40.7. The summed E-state index contributed by atoms with van der Waals surface area (Å²) < 4.78 is 8.80. The molecule has 0 N–H and O–H groups in total. The van der Waals surface area contributed by atoms with Crippen LogP contribution in [0.4, 0.5) is 0 Å². The molecule has 299 valence electrons. The predicted molar refractivity (Wildman–Crippen MR) is 245 cm³/mol. The normalized spacial score (nSPS) is 11.6. The molecule has 59 heavy (non-hydrogen) atoms. The van der Waals surface area contributed by atoms with E-state index in [4.69, 9.17) is 14.4 Å². The molecule has 5 aromatic carbocycles. The van der Waals surface area contributed by atoms with E-state index in [2.05, 4.69) is 161 Å². The van der Waals surface area contributed by atoms with Crippen LogP contribution in [0.3, 0.4) is 0 Å². The maximum atomic E-state index is 6.47. The number of aromatic nitrogens is 4. The first-order valence-corrected chi connectivity index (χ1v) is 23.7. The van der Waals surface area contributed by atoms with E-state index in [0.717, 1.165) is 61.4 Å². The smallest absolute Gasteiger partial charge is 0.139 e. The molecule has 5 nitrogen and oxygen atoms in total. The minimum absolute atomic E-state index is 0. The van der Waals surface area contributed by atoms with Gasteiger partial charge in [0.1, 0.15) is 5.58 Å². The van der Waals surface area contributed by atoms with Gasteiger partial charge in [0.25, 0.3) is 0 Å². The van der Waals surface area contributed by atoms with Gasteiger partial charge in [-0.05, 0) is 93.7 Å². The standard InChI is InChI=1S/C37H32N3O.C15H18NSi.Ir/c1-22(2)29-20-26(25-12-7-6-8-13-25)21-30(23(3)4)35(29)40-32-17-10-9-16-31(32)39-37(40)28-15-11-14-27-34-33(41-36(27)28)19-18-24(5)38-34;1-12-5-7-13(8-6-12)15-10-9-14(11-16-15)17(2,3)4;/h6-14,16-23H,1-5H3;5-7,9-11H,1-4H3;/q2*-1;. The number of nitrogens with zero attached hydrogens (tertiary/aromatic N) is 4. The molecule has 0 amide bonds. The van der Waals surface area contributed by atoms with Crippen LogP contribution >= 0.6 is 0 Å². The van der Waals surface area contributed by atoms with Gasteiger partial charge >= 0.3 is 0 Å². The van der Waals surface area contributed by atoms with Crippen LogP contribution in [0.1, 0.15) is 61.9 Å². The van der Waals surface area contributed by atoms with E-state index in [1.807, 2.05) is 49.5 Å². The number of furan rings is 1. The van der Waals surface area contributed by atoms with E-state index in [0.29, 0.717) is 11.8 Å². The average molecular weight is 967 g/mol. The van der Waals surface area contributed by atoms with Crippen molar-refractivity contribution in [3.63, 3.8) is 0 Å². The summed E-state index contributed by atoms with van der Waals surface area (Å²) >= 11 is 0. The number of rotatable bonds is 7. The second kappa shape index (κ2) is 17.0. The van der Waals surface area contributed by atoms with Crippen molar-refractivity contribution in [2.75, 3.05) is 0 Å². The molecule has 0 saturated heterocycles. The molecule has 0 aliphatic carbocycles. The van der Waals surface area contributed by atoms with Crippen molar-refractivity contribution in [1.82, 2.24) is 19.5 Å². The van der Waals surface area contributed by atoms with Crippen LogP contribution in [0, 0.1) is 26.0 Å². The van der Waals surface area contributed by atoms with Gasteiger partial charge in [0, 0.05) is 37.7 Å². The minimum Gasteiger partial charge on any atom is -0.499 e. The fraction of sp³-hybridized carbons (Fsp3) is 0.212. The quantitative estimate of drug-likeness (QED) is 0.118. The van der Waals surface area contributed by atoms with Gasteiger partial charge in [-0.25, -0.2) is 0 Å². The Bertz CT molecular complexity index is 2860. The summed E-state index contributed by atoms with van der Waals surface area (Å²) in [6, 6.07) is 49.0. The van der Waals surface area contributed by atoms with Crippen LogP contribution in [0.2, 0.25) is 19.6 Å². The fourth-order valence-corrected chi connectivity index (χ4v) is 8.60. The van der Waals surface area contributed by atoms with Crippen LogP contribution in [0.15, 0.2) is 132 Å². The van der Waals surface area contributed by atoms with E-state index in [-0.39, 0.29) is 20.1 Å². The molecular formula is C52H50IrN4OSi-2. The van der Waals surface area contributed by atoms with Gasteiger partial charge in [0.15, 0.2) is 0 Å². The summed E-state index contributed by atoms with van der Waals surface area (Å²) in [6.45, 7) is 20.2. The van der Waals surface area contributed by atoms with Crippen LogP contribution in [-0.4, -0.2) is 27.6 Å². The van der Waals surface area contributed by atoms with Crippen molar-refractivity contribution in [3.05, 3.63) is 162 Å². The Morgan fingerprint density at radius 3 is 2.07 bits per heavy atom. The Morgan fingerprint density at radius 2 is 1.42 bits per heavy atom. The van der Waals surface area contributed by atoms with Gasteiger partial charge in [-0.2, -0.15) is 0 Å². The zero-order valence-electron chi connectivity index (χ0n) is 35.3. The summed E-state index contributed by atoms with van der Waals surface area (Å²) in [5, 5.41) is 2.37. The van der Waals surface area contributed by atoms with E-state index < -0.39 is 8.07 Å². The van der Waals surface area contributed by atoms with E-state index in [9.17, 15) is 0 Å². The van der Waals surface area contributed by atoms with Crippen molar-refractivity contribution in [1.29, 1.82) is 0 Å². The predicted octanol–water partition coefficient (Wildman–Crippen LogP) is 13.4. The third-order valence-electron chi connectivity index (χ3n) is 10.8. The second-order valence-electron chi connectivity index (χ2n) is 16.9. The largest absolute Gasteiger partial charge is 0.499 e. The topological polar surface area (TPSA) is 56.7 Å². The van der Waals surface area contributed by atoms with Crippen molar-refractivity contribution in [2.45, 2.75) is 73.0 Å². The third kappa shape index (κ3) is 8.38. The van der Waals surface area contributed by atoms with Crippen LogP contribution < -0.4 is 5.19 Å². The summed E-state index contributed by atoms with van der Waals surface area (Å²) in [5.74, 6) is 1.40. The van der Waals surface area contributed by atoms with Gasteiger partial charge in [-0.3, -0.25) is 9.97 Å². The molecule has 0 aliphatic heterocycles. The Labute approximate surface area is 363 Å². The molecule has 4 aromatic heterocycles. The van der Waals surface area contributed by atoms with Crippen molar-refractivity contribution in [2.24, 2.45) is 0 Å². The molecule has 1 radical (unpaired) electrons. The first-order chi connectivity index (χ1) is 27.9. The number of hydrogen-bond acceptors (Lipinski definition) is 4. The molecule has 0 aliphatic rings. The van der Waals surface area contributed by atoms with Crippen LogP contribution in [-0.2, 0) is 20.1 Å². The molecular weight excluding hydrogens is 917 g/mol. The summed E-state index contributed by atoms with van der Waals surface area (Å²) in [4.78, 5) is 14.6. The zero-order valence-corrected chi connectivity index (χ0v) is 38.7. The third-order valence-corrected chi connectivity index (χ3v) is 12.8. The van der Waals surface area contributed by atoms with Gasteiger partial charge in [-0.1, -0.05) is 114 Å². The van der Waals surface area contributed by atoms with Gasteiger partial charge in [0.05, 0.1) is 36.0 Å².